The molecule has 1 unspecified atom stereocenters. The van der Waals surface area contributed by atoms with Gasteiger partial charge in [0.2, 0.25) is 11.7 Å². The van der Waals surface area contributed by atoms with Crippen molar-refractivity contribution >= 4 is 34.7 Å². The molecule has 51 heavy (non-hydrogen) atoms. The maximum atomic E-state index is 14.5. The summed E-state index contributed by atoms with van der Waals surface area (Å²) in [5.74, 6) is 0.632. The van der Waals surface area contributed by atoms with Gasteiger partial charge in [0, 0.05) is 48.5 Å². The molecule has 1 aliphatic carbocycles. The van der Waals surface area contributed by atoms with E-state index in [2.05, 4.69) is 20.8 Å². The van der Waals surface area contributed by atoms with Gasteiger partial charge in [-0.25, -0.2) is 4.68 Å². The number of fused-ring (bicyclic) bond motifs is 4. The quantitative estimate of drug-likeness (QED) is 0.313. The molecule has 1 fully saturated rings. The van der Waals surface area contributed by atoms with E-state index < -0.39 is 23.1 Å². The van der Waals surface area contributed by atoms with Crippen molar-refractivity contribution in [2.45, 2.75) is 76.6 Å². The molecule has 13 nitrogen and oxygen atoms in total. The average Bonchev–Trinajstić information content (AvgIpc) is 3.82. The summed E-state index contributed by atoms with van der Waals surface area (Å²) in [7, 11) is 0. The highest BCUT2D eigenvalue weighted by molar-refractivity contribution is 5.99. The van der Waals surface area contributed by atoms with Crippen LogP contribution in [0.15, 0.2) is 35.3 Å². The number of hydrogen-bond acceptors (Lipinski definition) is 8. The Morgan fingerprint density at radius 1 is 1.18 bits per heavy atom. The number of carbonyl (C=O) groups is 2. The molecule has 0 saturated carbocycles. The molecule has 1 aromatic carbocycles. The number of nitrogens with zero attached hydrogens (tertiary/aromatic N) is 7. The van der Waals surface area contributed by atoms with Crippen LogP contribution in [0.5, 0.6) is 0 Å². The fraction of sp³-hybridized carbons (Fsp3) is 0.486. The lowest BCUT2D eigenvalue weighted by molar-refractivity contribution is -0.137. The molecule has 16 heteroatoms. The van der Waals surface area contributed by atoms with Gasteiger partial charge in [-0.1, -0.05) is 13.0 Å². The third-order valence-corrected chi connectivity index (χ3v) is 10.8. The summed E-state index contributed by atoms with van der Waals surface area (Å²) in [6, 6.07) is 3.18. The molecule has 8 rings (SSSR count). The molecule has 3 aliphatic heterocycles. The normalized spacial score (nSPS) is 19.8. The minimum atomic E-state index is -4.51. The number of nitrogens with one attached hydrogen (secondary N) is 2. The number of piperidine rings is 1. The molecule has 2 N–H and O–H groups in total. The predicted octanol–water partition coefficient (Wildman–Crippen LogP) is 4.35. The predicted molar refractivity (Wildman–Crippen MR) is 181 cm³/mol. The Bertz CT molecular complexity index is 2160. The summed E-state index contributed by atoms with van der Waals surface area (Å²) < 4.78 is 50.2. The Morgan fingerprint density at radius 3 is 2.71 bits per heavy atom. The van der Waals surface area contributed by atoms with Crippen molar-refractivity contribution < 1.29 is 27.5 Å². The second kappa shape index (κ2) is 12.4. The highest BCUT2D eigenvalue weighted by Gasteiger charge is 2.49. The van der Waals surface area contributed by atoms with Gasteiger partial charge in [0.15, 0.2) is 5.82 Å². The number of likely N-dealkylation sites (tertiary alicyclic amines) is 1. The van der Waals surface area contributed by atoms with E-state index in [0.29, 0.717) is 74.6 Å². The summed E-state index contributed by atoms with van der Waals surface area (Å²) >= 11 is 0. The number of halogens is 3. The minimum absolute atomic E-state index is 0.0967. The van der Waals surface area contributed by atoms with E-state index in [4.69, 9.17) is 9.72 Å². The lowest BCUT2D eigenvalue weighted by Gasteiger charge is -2.39. The molecule has 6 heterocycles. The van der Waals surface area contributed by atoms with Crippen molar-refractivity contribution in [3.8, 4) is 0 Å². The van der Waals surface area contributed by atoms with Gasteiger partial charge in [-0.05, 0) is 74.3 Å². The average molecular weight is 706 g/mol. The number of carbonyl (C=O) groups excluding carboxylic acids is 2. The second-order valence-corrected chi connectivity index (χ2v) is 14.0. The number of alkyl halides is 3. The minimum Gasteiger partial charge on any atom is -0.377 e. The Labute approximate surface area is 290 Å². The SMILES string of the molecule is Cc1cc(C(F)(F)F)ccc1NC(=O)Cn1c2c(c(=O)n3nc(C4=CCOCC4)nc13)C1(CCN(C(=O)c3cnn4c3NCCC4)CC1)CC2C. The Kier molecular flexibility index (Phi) is 8.03. The maximum absolute atomic E-state index is 14.5. The summed E-state index contributed by atoms with van der Waals surface area (Å²) in [6.07, 6.45) is 2.25. The molecule has 3 aromatic heterocycles. The van der Waals surface area contributed by atoms with Gasteiger partial charge < -0.3 is 24.8 Å². The number of aromatic nitrogens is 6. The van der Waals surface area contributed by atoms with Gasteiger partial charge in [-0.2, -0.15) is 27.8 Å². The molecule has 1 saturated heterocycles. The number of ether oxygens (including phenoxy) is 1. The fourth-order valence-electron chi connectivity index (χ4n) is 8.30. The Morgan fingerprint density at radius 2 is 1.98 bits per heavy atom. The van der Waals surface area contributed by atoms with Crippen molar-refractivity contribution in [3.63, 3.8) is 0 Å². The summed E-state index contributed by atoms with van der Waals surface area (Å²) in [4.78, 5) is 48.5. The van der Waals surface area contributed by atoms with Gasteiger partial charge in [0.25, 0.3) is 11.5 Å². The van der Waals surface area contributed by atoms with Crippen LogP contribution < -0.4 is 16.2 Å². The Balaban J connectivity index is 1.14. The summed E-state index contributed by atoms with van der Waals surface area (Å²) in [5, 5.41) is 15.1. The van der Waals surface area contributed by atoms with Crippen LogP contribution in [0.4, 0.5) is 24.7 Å². The topological polar surface area (TPSA) is 141 Å². The monoisotopic (exact) mass is 705 g/mol. The molecule has 1 spiro atoms. The lowest BCUT2D eigenvalue weighted by Crippen LogP contribution is -2.46. The first kappa shape index (κ1) is 33.2. The molecule has 268 valence electrons. The van der Waals surface area contributed by atoms with Crippen molar-refractivity contribution in [3.05, 3.63) is 74.6 Å². The first-order valence-corrected chi connectivity index (χ1v) is 17.3. The number of rotatable bonds is 5. The number of aryl methyl sites for hydroxylation is 2. The van der Waals surface area contributed by atoms with E-state index >= 15 is 0 Å². The van der Waals surface area contributed by atoms with E-state index in [0.717, 1.165) is 43.0 Å². The molecular weight excluding hydrogens is 667 g/mol. The zero-order valence-electron chi connectivity index (χ0n) is 28.3. The van der Waals surface area contributed by atoms with Gasteiger partial charge in [-0.15, -0.1) is 5.10 Å². The van der Waals surface area contributed by atoms with Crippen LogP contribution in [0.25, 0.3) is 11.4 Å². The van der Waals surface area contributed by atoms with Crippen LogP contribution in [-0.2, 0) is 34.2 Å². The number of amides is 2. The van der Waals surface area contributed by atoms with Crippen LogP contribution >= 0.6 is 0 Å². The number of benzene rings is 1. The van der Waals surface area contributed by atoms with Gasteiger partial charge in [0.1, 0.15) is 17.9 Å². The maximum Gasteiger partial charge on any atom is 0.416 e. The van der Waals surface area contributed by atoms with Crippen LogP contribution in [0, 0.1) is 6.92 Å². The van der Waals surface area contributed by atoms with Crippen LogP contribution in [0.2, 0.25) is 0 Å². The smallest absolute Gasteiger partial charge is 0.377 e. The zero-order chi connectivity index (χ0) is 35.7. The van der Waals surface area contributed by atoms with E-state index in [1.165, 1.54) is 17.5 Å². The van der Waals surface area contributed by atoms with E-state index in [1.807, 2.05) is 22.6 Å². The first-order chi connectivity index (χ1) is 24.4. The molecule has 0 radical (unpaired) electrons. The lowest BCUT2D eigenvalue weighted by atomic mass is 9.73. The number of hydrogen-bond donors (Lipinski definition) is 2. The van der Waals surface area contributed by atoms with Gasteiger partial charge in [0.05, 0.1) is 25.0 Å². The third kappa shape index (κ3) is 5.69. The van der Waals surface area contributed by atoms with E-state index in [-0.39, 0.29) is 41.0 Å². The second-order valence-electron chi connectivity index (χ2n) is 14.0. The zero-order valence-corrected chi connectivity index (χ0v) is 28.3. The molecule has 1 atom stereocenters. The molecule has 0 bridgehead atoms. The Hall–Kier alpha value is -4.99. The van der Waals surface area contributed by atoms with Crippen molar-refractivity contribution in [2.24, 2.45) is 0 Å². The highest BCUT2D eigenvalue weighted by atomic mass is 19.4. The third-order valence-electron chi connectivity index (χ3n) is 10.8. The van der Waals surface area contributed by atoms with Crippen molar-refractivity contribution in [2.75, 3.05) is 43.5 Å². The van der Waals surface area contributed by atoms with E-state index in [9.17, 15) is 27.6 Å². The van der Waals surface area contributed by atoms with Crippen LogP contribution in [0.1, 0.15) is 83.5 Å². The fourth-order valence-corrected chi connectivity index (χ4v) is 8.30. The molecule has 2 amide bonds. The van der Waals surface area contributed by atoms with Crippen molar-refractivity contribution in [1.29, 1.82) is 0 Å². The number of anilines is 2. The van der Waals surface area contributed by atoms with Gasteiger partial charge in [-0.3, -0.25) is 14.4 Å². The largest absolute Gasteiger partial charge is 0.416 e. The van der Waals surface area contributed by atoms with Gasteiger partial charge >= 0.3 is 6.18 Å². The molecular formula is C35H38F3N9O4. The van der Waals surface area contributed by atoms with Crippen LogP contribution in [-0.4, -0.2) is 78.5 Å². The summed E-state index contributed by atoms with van der Waals surface area (Å²) in [6.45, 7) is 6.60. The molecule has 4 aromatic rings. The standard InChI is InChI=1S/C35H38F3N9O4/c1-20-16-23(35(36,37)38)4-5-25(20)41-26(48)19-45-28-21(2)17-34(27(28)32(50)47-33(45)42-29(43-47)22-6-14-51-15-7-22)8-12-44(13-9-34)31(49)24-18-40-46-11-3-10-39-30(24)46/h4-6,16,18,21,39H,3,7-15,17,19H2,1-2H3,(H,41,48). The van der Waals surface area contributed by atoms with Crippen molar-refractivity contribution in [1.82, 2.24) is 33.8 Å². The highest BCUT2D eigenvalue weighted by Crippen LogP contribution is 2.50. The molecule has 4 aliphatic rings. The summed E-state index contributed by atoms with van der Waals surface area (Å²) in [5.41, 5.74) is 1.54. The first-order valence-electron chi connectivity index (χ1n) is 17.3. The van der Waals surface area contributed by atoms with E-state index in [1.54, 1.807) is 10.8 Å². The van der Waals surface area contributed by atoms with Crippen LogP contribution in [0.3, 0.4) is 0 Å².